The molecule has 1 amide bonds. The normalized spacial score (nSPS) is 26.0. The molecule has 23 heavy (non-hydrogen) atoms. The van der Waals surface area contributed by atoms with E-state index in [2.05, 4.69) is 26.0 Å². The molecule has 0 radical (unpaired) electrons. The standard InChI is InChI=1S/C19H30N2O2/c1-7-23-16-12-19(20,18(16,4)5)17(22)21(6)15-10-8-9-14(11-15)13(2)3/h8-11,13,16H,7,12,20H2,1-6H3. The Morgan fingerprint density at radius 2 is 2.09 bits per heavy atom. The second-order valence-corrected chi connectivity index (χ2v) is 7.46. The zero-order chi connectivity index (χ0) is 17.4. The van der Waals surface area contributed by atoms with E-state index in [-0.39, 0.29) is 17.4 Å². The van der Waals surface area contributed by atoms with Crippen LogP contribution in [0.1, 0.15) is 52.5 Å². The number of likely N-dealkylation sites (N-methyl/N-ethyl adjacent to an activating group) is 1. The van der Waals surface area contributed by atoms with Gasteiger partial charge in [-0.15, -0.1) is 0 Å². The van der Waals surface area contributed by atoms with E-state index in [1.807, 2.05) is 32.9 Å². The third-order valence-electron chi connectivity index (χ3n) is 5.44. The molecule has 2 N–H and O–H groups in total. The van der Waals surface area contributed by atoms with Crippen molar-refractivity contribution in [1.82, 2.24) is 0 Å². The molecule has 1 aromatic rings. The molecule has 2 atom stereocenters. The van der Waals surface area contributed by atoms with Crippen LogP contribution in [0.3, 0.4) is 0 Å². The van der Waals surface area contributed by atoms with Crippen LogP contribution in [0.25, 0.3) is 0 Å². The maximum absolute atomic E-state index is 13.0. The van der Waals surface area contributed by atoms with Crippen LogP contribution in [-0.4, -0.2) is 31.2 Å². The number of hydrogen-bond acceptors (Lipinski definition) is 3. The number of amides is 1. The van der Waals surface area contributed by atoms with Crippen molar-refractivity contribution in [3.63, 3.8) is 0 Å². The Kier molecular flexibility index (Phi) is 4.88. The number of carbonyl (C=O) groups excluding carboxylic acids is 1. The van der Waals surface area contributed by atoms with Gasteiger partial charge < -0.3 is 15.4 Å². The number of nitrogens with zero attached hydrogens (tertiary/aromatic N) is 1. The first-order chi connectivity index (χ1) is 10.6. The van der Waals surface area contributed by atoms with E-state index in [0.29, 0.717) is 18.9 Å². The van der Waals surface area contributed by atoms with Crippen LogP contribution in [0.5, 0.6) is 0 Å². The van der Waals surface area contributed by atoms with Gasteiger partial charge in [0, 0.05) is 31.2 Å². The molecule has 1 aliphatic carbocycles. The van der Waals surface area contributed by atoms with Gasteiger partial charge in [0.05, 0.1) is 6.10 Å². The van der Waals surface area contributed by atoms with Crippen molar-refractivity contribution in [2.75, 3.05) is 18.6 Å². The van der Waals surface area contributed by atoms with E-state index in [1.54, 1.807) is 11.9 Å². The summed E-state index contributed by atoms with van der Waals surface area (Å²) in [5, 5.41) is 0. The maximum Gasteiger partial charge on any atom is 0.247 e. The summed E-state index contributed by atoms with van der Waals surface area (Å²) in [5.41, 5.74) is 7.37. The number of carbonyl (C=O) groups is 1. The molecule has 1 fully saturated rings. The molecular formula is C19H30N2O2. The fraction of sp³-hybridized carbons (Fsp3) is 0.632. The molecule has 0 aliphatic heterocycles. The van der Waals surface area contributed by atoms with Crippen LogP contribution in [0.15, 0.2) is 24.3 Å². The molecule has 128 valence electrons. The zero-order valence-electron chi connectivity index (χ0n) is 15.2. The summed E-state index contributed by atoms with van der Waals surface area (Å²) < 4.78 is 5.72. The van der Waals surface area contributed by atoms with Gasteiger partial charge in [-0.2, -0.15) is 0 Å². The van der Waals surface area contributed by atoms with Crippen molar-refractivity contribution < 1.29 is 9.53 Å². The second kappa shape index (κ2) is 6.25. The topological polar surface area (TPSA) is 55.6 Å². The Hall–Kier alpha value is -1.39. The molecular weight excluding hydrogens is 288 g/mol. The van der Waals surface area contributed by atoms with Gasteiger partial charge in [0.25, 0.3) is 0 Å². The molecule has 2 unspecified atom stereocenters. The summed E-state index contributed by atoms with van der Waals surface area (Å²) in [5.74, 6) is 0.382. The molecule has 0 saturated heterocycles. The van der Waals surface area contributed by atoms with E-state index in [9.17, 15) is 4.79 Å². The lowest BCUT2D eigenvalue weighted by Gasteiger charge is -2.58. The smallest absolute Gasteiger partial charge is 0.247 e. The predicted molar refractivity (Wildman–Crippen MR) is 94.7 cm³/mol. The lowest BCUT2D eigenvalue weighted by atomic mass is 9.54. The van der Waals surface area contributed by atoms with Crippen molar-refractivity contribution in [2.24, 2.45) is 11.1 Å². The second-order valence-electron chi connectivity index (χ2n) is 7.46. The minimum absolute atomic E-state index is 0.0387. The van der Waals surface area contributed by atoms with Gasteiger partial charge in [-0.25, -0.2) is 0 Å². The Labute approximate surface area is 140 Å². The molecule has 0 bridgehead atoms. The Morgan fingerprint density at radius 1 is 1.43 bits per heavy atom. The number of hydrogen-bond donors (Lipinski definition) is 1. The van der Waals surface area contributed by atoms with Crippen LogP contribution < -0.4 is 10.6 Å². The summed E-state index contributed by atoms with van der Waals surface area (Å²) in [7, 11) is 1.81. The lowest BCUT2D eigenvalue weighted by Crippen LogP contribution is -2.76. The quantitative estimate of drug-likeness (QED) is 0.906. The summed E-state index contributed by atoms with van der Waals surface area (Å²) in [4.78, 5) is 14.7. The first-order valence-corrected chi connectivity index (χ1v) is 8.43. The fourth-order valence-electron chi connectivity index (χ4n) is 3.31. The summed E-state index contributed by atoms with van der Waals surface area (Å²) in [6.45, 7) is 10.9. The molecule has 1 aromatic carbocycles. The largest absolute Gasteiger partial charge is 0.378 e. The molecule has 1 aliphatic rings. The Bertz CT molecular complexity index is 582. The zero-order valence-corrected chi connectivity index (χ0v) is 15.2. The van der Waals surface area contributed by atoms with E-state index >= 15 is 0 Å². The van der Waals surface area contributed by atoms with Crippen molar-refractivity contribution in [1.29, 1.82) is 0 Å². The monoisotopic (exact) mass is 318 g/mol. The van der Waals surface area contributed by atoms with Gasteiger partial charge in [0.15, 0.2) is 0 Å². The third-order valence-corrected chi connectivity index (χ3v) is 5.44. The van der Waals surface area contributed by atoms with Gasteiger partial charge >= 0.3 is 0 Å². The molecule has 0 heterocycles. The van der Waals surface area contributed by atoms with E-state index in [1.165, 1.54) is 5.56 Å². The highest BCUT2D eigenvalue weighted by atomic mass is 16.5. The molecule has 4 heteroatoms. The predicted octanol–water partition coefficient (Wildman–Crippen LogP) is 3.31. The van der Waals surface area contributed by atoms with Crippen LogP contribution in [0.2, 0.25) is 0 Å². The van der Waals surface area contributed by atoms with Crippen LogP contribution in [0.4, 0.5) is 5.69 Å². The average Bonchev–Trinajstić information content (AvgIpc) is 2.53. The summed E-state index contributed by atoms with van der Waals surface area (Å²) >= 11 is 0. The van der Waals surface area contributed by atoms with Crippen molar-refractivity contribution in [2.45, 2.75) is 58.6 Å². The van der Waals surface area contributed by atoms with E-state index in [4.69, 9.17) is 10.5 Å². The van der Waals surface area contributed by atoms with Gasteiger partial charge in [-0.1, -0.05) is 39.8 Å². The molecule has 4 nitrogen and oxygen atoms in total. The highest BCUT2D eigenvalue weighted by Crippen LogP contribution is 2.50. The number of ether oxygens (including phenoxy) is 1. The fourth-order valence-corrected chi connectivity index (χ4v) is 3.31. The van der Waals surface area contributed by atoms with Crippen LogP contribution in [0, 0.1) is 5.41 Å². The van der Waals surface area contributed by atoms with Gasteiger partial charge in [-0.05, 0) is 30.5 Å². The van der Waals surface area contributed by atoms with Gasteiger partial charge in [0.1, 0.15) is 5.54 Å². The van der Waals surface area contributed by atoms with Crippen molar-refractivity contribution in [3.8, 4) is 0 Å². The van der Waals surface area contributed by atoms with Gasteiger partial charge in [0.2, 0.25) is 5.91 Å². The number of nitrogens with two attached hydrogens (primary N) is 1. The molecule has 1 saturated carbocycles. The van der Waals surface area contributed by atoms with Crippen LogP contribution in [-0.2, 0) is 9.53 Å². The first kappa shape index (κ1) is 18.0. The highest BCUT2D eigenvalue weighted by Gasteiger charge is 2.63. The van der Waals surface area contributed by atoms with E-state index < -0.39 is 5.54 Å². The molecule has 0 aromatic heterocycles. The van der Waals surface area contributed by atoms with Crippen LogP contribution >= 0.6 is 0 Å². The first-order valence-electron chi connectivity index (χ1n) is 8.43. The minimum atomic E-state index is -0.880. The minimum Gasteiger partial charge on any atom is -0.378 e. The number of rotatable bonds is 5. The lowest BCUT2D eigenvalue weighted by molar-refractivity contribution is -0.168. The Balaban J connectivity index is 2.22. The van der Waals surface area contributed by atoms with E-state index in [0.717, 1.165) is 5.69 Å². The summed E-state index contributed by atoms with van der Waals surface area (Å²) in [6.07, 6.45) is 0.609. The highest BCUT2D eigenvalue weighted by molar-refractivity contribution is 6.01. The maximum atomic E-state index is 13.0. The molecule has 0 spiro atoms. The number of anilines is 1. The molecule has 2 rings (SSSR count). The average molecular weight is 318 g/mol. The number of benzene rings is 1. The van der Waals surface area contributed by atoms with Crippen molar-refractivity contribution in [3.05, 3.63) is 29.8 Å². The van der Waals surface area contributed by atoms with Crippen molar-refractivity contribution >= 4 is 11.6 Å². The Morgan fingerprint density at radius 3 is 2.61 bits per heavy atom. The SMILES string of the molecule is CCOC1CC(N)(C(=O)N(C)c2cccc(C(C)C)c2)C1(C)C. The van der Waals surface area contributed by atoms with Gasteiger partial charge in [-0.3, -0.25) is 4.79 Å². The summed E-state index contributed by atoms with van der Waals surface area (Å²) in [6, 6.07) is 8.10. The third kappa shape index (κ3) is 2.90.